The van der Waals surface area contributed by atoms with Gasteiger partial charge in [-0.15, -0.1) is 0 Å². The van der Waals surface area contributed by atoms with Gasteiger partial charge in [0.1, 0.15) is 12.4 Å². The van der Waals surface area contributed by atoms with Gasteiger partial charge in [0.15, 0.2) is 0 Å². The second-order valence-corrected chi connectivity index (χ2v) is 6.50. The molecule has 1 aliphatic heterocycles. The Kier molecular flexibility index (Phi) is 5.06. The van der Waals surface area contributed by atoms with Crippen molar-refractivity contribution < 1.29 is 9.47 Å². The fourth-order valence-electron chi connectivity index (χ4n) is 2.54. The number of aryl methyl sites for hydroxylation is 1. The van der Waals surface area contributed by atoms with E-state index in [1.807, 2.05) is 0 Å². The minimum Gasteiger partial charge on any atom is -0.492 e. The predicted molar refractivity (Wildman–Crippen MR) is 82.6 cm³/mol. The van der Waals surface area contributed by atoms with Crippen LogP contribution in [0.2, 0.25) is 0 Å². The monoisotopic (exact) mass is 277 g/mol. The number of hydrogen-bond donors (Lipinski definition) is 0. The molecule has 3 nitrogen and oxygen atoms in total. The number of benzene rings is 1. The second-order valence-electron chi connectivity index (χ2n) is 6.50. The molecule has 1 fully saturated rings. The molecule has 3 heteroatoms. The fourth-order valence-corrected chi connectivity index (χ4v) is 2.54. The van der Waals surface area contributed by atoms with Crippen molar-refractivity contribution in [3.63, 3.8) is 0 Å². The first kappa shape index (κ1) is 15.3. The van der Waals surface area contributed by atoms with Crippen LogP contribution in [0.1, 0.15) is 31.9 Å². The van der Waals surface area contributed by atoms with Crippen molar-refractivity contribution in [1.82, 2.24) is 4.90 Å². The number of nitrogens with zero attached hydrogens (tertiary/aromatic N) is 1. The van der Waals surface area contributed by atoms with Crippen molar-refractivity contribution in [1.29, 1.82) is 0 Å². The van der Waals surface area contributed by atoms with Crippen LogP contribution in [0.25, 0.3) is 0 Å². The molecular formula is C17H27NO2. The SMILES string of the molecule is Cc1cccc(C(C)(C)C)c1OCCN1CCOCC1. The lowest BCUT2D eigenvalue weighted by atomic mass is 9.85. The van der Waals surface area contributed by atoms with Gasteiger partial charge in [0.25, 0.3) is 0 Å². The van der Waals surface area contributed by atoms with E-state index in [1.165, 1.54) is 11.1 Å². The topological polar surface area (TPSA) is 21.7 Å². The summed E-state index contributed by atoms with van der Waals surface area (Å²) in [5, 5.41) is 0. The van der Waals surface area contributed by atoms with E-state index in [9.17, 15) is 0 Å². The molecule has 1 aliphatic rings. The summed E-state index contributed by atoms with van der Waals surface area (Å²) >= 11 is 0. The van der Waals surface area contributed by atoms with Gasteiger partial charge < -0.3 is 9.47 Å². The van der Waals surface area contributed by atoms with Gasteiger partial charge in [-0.1, -0.05) is 39.0 Å². The smallest absolute Gasteiger partial charge is 0.125 e. The molecule has 2 rings (SSSR count). The van der Waals surface area contributed by atoms with E-state index in [0.29, 0.717) is 0 Å². The number of hydrogen-bond acceptors (Lipinski definition) is 3. The fraction of sp³-hybridized carbons (Fsp3) is 0.647. The van der Waals surface area contributed by atoms with Crippen molar-refractivity contribution in [2.75, 3.05) is 39.5 Å². The lowest BCUT2D eigenvalue weighted by Crippen LogP contribution is -2.38. The van der Waals surface area contributed by atoms with Crippen molar-refractivity contribution in [3.05, 3.63) is 29.3 Å². The van der Waals surface area contributed by atoms with E-state index in [-0.39, 0.29) is 5.41 Å². The lowest BCUT2D eigenvalue weighted by molar-refractivity contribution is 0.0321. The summed E-state index contributed by atoms with van der Waals surface area (Å²) in [5.41, 5.74) is 2.62. The molecule has 0 bridgehead atoms. The Morgan fingerprint density at radius 1 is 1.20 bits per heavy atom. The van der Waals surface area contributed by atoms with Crippen molar-refractivity contribution in [3.8, 4) is 5.75 Å². The quantitative estimate of drug-likeness (QED) is 0.844. The third-order valence-corrected chi connectivity index (χ3v) is 3.78. The molecule has 1 aromatic rings. The number of morpholine rings is 1. The Balaban J connectivity index is 1.98. The van der Waals surface area contributed by atoms with Crippen LogP contribution in [-0.2, 0) is 10.2 Å². The van der Waals surface area contributed by atoms with E-state index >= 15 is 0 Å². The average molecular weight is 277 g/mol. The van der Waals surface area contributed by atoms with Gasteiger partial charge in [0, 0.05) is 19.6 Å². The second kappa shape index (κ2) is 6.59. The molecule has 112 valence electrons. The van der Waals surface area contributed by atoms with Crippen molar-refractivity contribution >= 4 is 0 Å². The highest BCUT2D eigenvalue weighted by atomic mass is 16.5. The summed E-state index contributed by atoms with van der Waals surface area (Å²) in [6, 6.07) is 6.42. The van der Waals surface area contributed by atoms with Crippen LogP contribution >= 0.6 is 0 Å². The first-order valence-electron chi connectivity index (χ1n) is 7.51. The zero-order valence-corrected chi connectivity index (χ0v) is 13.2. The van der Waals surface area contributed by atoms with Gasteiger partial charge in [-0.05, 0) is 23.5 Å². The number of rotatable bonds is 4. The number of ether oxygens (including phenoxy) is 2. The largest absolute Gasteiger partial charge is 0.492 e. The lowest BCUT2D eigenvalue weighted by Gasteiger charge is -2.28. The van der Waals surface area contributed by atoms with Gasteiger partial charge in [-0.25, -0.2) is 0 Å². The van der Waals surface area contributed by atoms with Gasteiger partial charge in [-0.2, -0.15) is 0 Å². The standard InChI is InChI=1S/C17H27NO2/c1-14-6-5-7-15(17(2,3)4)16(14)20-13-10-18-8-11-19-12-9-18/h5-7H,8-13H2,1-4H3. The molecule has 0 aliphatic carbocycles. The number of para-hydroxylation sites is 1. The Hall–Kier alpha value is -1.06. The predicted octanol–water partition coefficient (Wildman–Crippen LogP) is 3.00. The van der Waals surface area contributed by atoms with Crippen LogP contribution in [0, 0.1) is 6.92 Å². The summed E-state index contributed by atoms with van der Waals surface area (Å²) in [6.07, 6.45) is 0. The van der Waals surface area contributed by atoms with Gasteiger partial charge in [0.05, 0.1) is 13.2 Å². The highest BCUT2D eigenvalue weighted by Crippen LogP contribution is 2.33. The van der Waals surface area contributed by atoms with E-state index in [0.717, 1.165) is 45.2 Å². The van der Waals surface area contributed by atoms with Crippen LogP contribution in [0.5, 0.6) is 5.75 Å². The zero-order chi connectivity index (χ0) is 14.6. The Morgan fingerprint density at radius 3 is 2.55 bits per heavy atom. The maximum Gasteiger partial charge on any atom is 0.125 e. The first-order chi connectivity index (χ1) is 9.48. The molecule has 0 N–H and O–H groups in total. The van der Waals surface area contributed by atoms with Crippen LogP contribution in [0.4, 0.5) is 0 Å². The summed E-state index contributed by atoms with van der Waals surface area (Å²) in [7, 11) is 0. The van der Waals surface area contributed by atoms with Gasteiger partial charge in [-0.3, -0.25) is 4.90 Å². The third kappa shape index (κ3) is 3.97. The maximum atomic E-state index is 6.11. The molecule has 0 amide bonds. The van der Waals surface area contributed by atoms with Crippen LogP contribution in [0.15, 0.2) is 18.2 Å². The van der Waals surface area contributed by atoms with Crippen molar-refractivity contribution in [2.24, 2.45) is 0 Å². The van der Waals surface area contributed by atoms with Gasteiger partial charge >= 0.3 is 0 Å². The van der Waals surface area contributed by atoms with E-state index in [4.69, 9.17) is 9.47 Å². The van der Waals surface area contributed by atoms with Gasteiger partial charge in [0.2, 0.25) is 0 Å². The Bertz CT molecular complexity index is 431. The van der Waals surface area contributed by atoms with E-state index in [2.05, 4.69) is 50.8 Å². The van der Waals surface area contributed by atoms with Crippen LogP contribution < -0.4 is 4.74 Å². The molecular weight excluding hydrogens is 250 g/mol. The molecule has 0 unspecified atom stereocenters. The molecule has 0 spiro atoms. The molecule has 1 aromatic carbocycles. The molecule has 20 heavy (non-hydrogen) atoms. The molecule has 1 saturated heterocycles. The summed E-state index contributed by atoms with van der Waals surface area (Å²) in [4.78, 5) is 2.40. The molecule has 0 aromatic heterocycles. The maximum absolute atomic E-state index is 6.11. The normalized spacial score (nSPS) is 17.2. The average Bonchev–Trinajstić information content (AvgIpc) is 2.40. The highest BCUT2D eigenvalue weighted by Gasteiger charge is 2.20. The Labute approximate surface area is 122 Å². The van der Waals surface area contributed by atoms with E-state index in [1.54, 1.807) is 0 Å². The third-order valence-electron chi connectivity index (χ3n) is 3.78. The minimum absolute atomic E-state index is 0.111. The first-order valence-corrected chi connectivity index (χ1v) is 7.51. The van der Waals surface area contributed by atoms with E-state index < -0.39 is 0 Å². The molecule has 0 saturated carbocycles. The Morgan fingerprint density at radius 2 is 1.90 bits per heavy atom. The molecule has 0 atom stereocenters. The summed E-state index contributed by atoms with van der Waals surface area (Å²) in [5.74, 6) is 1.06. The van der Waals surface area contributed by atoms with Crippen LogP contribution in [0.3, 0.4) is 0 Å². The van der Waals surface area contributed by atoms with Crippen molar-refractivity contribution in [2.45, 2.75) is 33.1 Å². The summed E-state index contributed by atoms with van der Waals surface area (Å²) in [6.45, 7) is 14.3. The zero-order valence-electron chi connectivity index (χ0n) is 13.2. The molecule has 1 heterocycles. The van der Waals surface area contributed by atoms with Crippen LogP contribution in [-0.4, -0.2) is 44.4 Å². The minimum atomic E-state index is 0.111. The summed E-state index contributed by atoms with van der Waals surface area (Å²) < 4.78 is 11.5. The highest BCUT2D eigenvalue weighted by molar-refractivity contribution is 5.44. The molecule has 0 radical (unpaired) electrons.